The lowest BCUT2D eigenvalue weighted by atomic mass is 9.93. The van der Waals surface area contributed by atoms with Crippen molar-refractivity contribution in [2.75, 3.05) is 13.2 Å². The molecule has 0 radical (unpaired) electrons. The number of carbonyl (C=O) groups excluding carboxylic acids is 2. The van der Waals surface area contributed by atoms with Gasteiger partial charge in [0.1, 0.15) is 5.75 Å². The van der Waals surface area contributed by atoms with Crippen LogP contribution in [0.2, 0.25) is 0 Å². The van der Waals surface area contributed by atoms with Gasteiger partial charge in [0.25, 0.3) is 0 Å². The monoisotopic (exact) mass is 316 g/mol. The molecule has 1 aliphatic heterocycles. The number of nitrogens with zero attached hydrogens (tertiary/aromatic N) is 1. The Labute approximate surface area is 137 Å². The second-order valence-electron chi connectivity index (χ2n) is 5.82. The molecule has 1 aliphatic rings. The second-order valence-corrected chi connectivity index (χ2v) is 5.82. The largest absolute Gasteiger partial charge is 0.493 e. The van der Waals surface area contributed by atoms with Crippen LogP contribution >= 0.6 is 0 Å². The Bertz CT molecular complexity index is 598. The number of rotatable bonds is 5. The van der Waals surface area contributed by atoms with Crippen molar-refractivity contribution in [1.82, 2.24) is 4.90 Å². The highest BCUT2D eigenvalue weighted by Crippen LogP contribution is 2.23. The molecule has 0 bridgehead atoms. The summed E-state index contributed by atoms with van der Waals surface area (Å²) in [6, 6.07) is 7.69. The van der Waals surface area contributed by atoms with E-state index < -0.39 is 0 Å². The van der Waals surface area contributed by atoms with Gasteiger partial charge in [0.05, 0.1) is 12.5 Å². The second kappa shape index (κ2) is 7.81. The van der Waals surface area contributed by atoms with Gasteiger partial charge in [0.2, 0.25) is 11.8 Å². The van der Waals surface area contributed by atoms with Gasteiger partial charge in [-0.05, 0) is 38.8 Å². The Morgan fingerprint density at radius 1 is 1.35 bits per heavy atom. The zero-order chi connectivity index (χ0) is 16.8. The summed E-state index contributed by atoms with van der Waals surface area (Å²) in [7, 11) is 0. The number of likely N-dealkylation sites (tertiary alicyclic amines) is 1. The maximum absolute atomic E-state index is 12.5. The van der Waals surface area contributed by atoms with Crippen LogP contribution in [0.25, 0.3) is 6.08 Å². The third kappa shape index (κ3) is 4.34. The number of ether oxygens (including phenoxy) is 1. The number of carbonyl (C=O) groups is 2. The smallest absolute Gasteiger partial charge is 0.246 e. The molecular formula is C18H24N2O3. The van der Waals surface area contributed by atoms with Crippen molar-refractivity contribution in [3.63, 3.8) is 0 Å². The molecule has 2 atom stereocenters. The van der Waals surface area contributed by atoms with E-state index in [-0.39, 0.29) is 23.8 Å². The molecule has 1 aromatic carbocycles. The highest BCUT2D eigenvalue weighted by atomic mass is 16.5. The number of amides is 2. The number of hydrogen-bond donors (Lipinski definition) is 1. The van der Waals surface area contributed by atoms with Crippen molar-refractivity contribution in [2.45, 2.75) is 32.7 Å². The van der Waals surface area contributed by atoms with Gasteiger partial charge in [-0.15, -0.1) is 0 Å². The summed E-state index contributed by atoms with van der Waals surface area (Å²) in [5.74, 6) is 0.0649. The summed E-state index contributed by atoms with van der Waals surface area (Å²) in [5.41, 5.74) is 6.24. The quantitative estimate of drug-likeness (QED) is 0.847. The van der Waals surface area contributed by atoms with Crippen molar-refractivity contribution < 1.29 is 14.3 Å². The summed E-state index contributed by atoms with van der Waals surface area (Å²) >= 11 is 0. The lowest BCUT2D eigenvalue weighted by molar-refractivity contribution is -0.133. The summed E-state index contributed by atoms with van der Waals surface area (Å²) in [6.07, 6.45) is 4.84. The predicted molar refractivity (Wildman–Crippen MR) is 89.7 cm³/mol. The van der Waals surface area contributed by atoms with Gasteiger partial charge >= 0.3 is 0 Å². The molecule has 1 aromatic rings. The molecule has 0 aromatic heterocycles. The third-order valence-electron chi connectivity index (χ3n) is 4.19. The first-order valence-corrected chi connectivity index (χ1v) is 8.02. The maximum Gasteiger partial charge on any atom is 0.246 e. The molecular weight excluding hydrogens is 292 g/mol. The van der Waals surface area contributed by atoms with Crippen LogP contribution < -0.4 is 10.5 Å². The number of nitrogens with two attached hydrogens (primary N) is 1. The Morgan fingerprint density at radius 2 is 2.09 bits per heavy atom. The lowest BCUT2D eigenvalue weighted by Gasteiger charge is -2.36. The van der Waals surface area contributed by atoms with E-state index in [2.05, 4.69) is 0 Å². The number of hydrogen-bond acceptors (Lipinski definition) is 3. The molecule has 23 heavy (non-hydrogen) atoms. The first kappa shape index (κ1) is 17.1. The molecule has 0 aliphatic carbocycles. The Morgan fingerprint density at radius 3 is 2.78 bits per heavy atom. The summed E-state index contributed by atoms with van der Waals surface area (Å²) in [6.45, 7) is 4.89. The molecule has 1 saturated heterocycles. The van der Waals surface area contributed by atoms with E-state index in [1.54, 1.807) is 11.0 Å². The van der Waals surface area contributed by atoms with E-state index in [4.69, 9.17) is 10.5 Å². The molecule has 2 unspecified atom stereocenters. The van der Waals surface area contributed by atoms with Crippen LogP contribution in [0.1, 0.15) is 32.3 Å². The van der Waals surface area contributed by atoms with Crippen molar-refractivity contribution in [1.29, 1.82) is 0 Å². The van der Waals surface area contributed by atoms with Crippen molar-refractivity contribution in [3.8, 4) is 5.75 Å². The molecule has 0 saturated carbocycles. The summed E-state index contributed by atoms with van der Waals surface area (Å²) < 4.78 is 5.55. The van der Waals surface area contributed by atoms with Crippen LogP contribution in [0, 0.1) is 5.92 Å². The van der Waals surface area contributed by atoms with Gasteiger partial charge in [-0.1, -0.05) is 18.2 Å². The lowest BCUT2D eigenvalue weighted by Crippen LogP contribution is -2.48. The number of benzene rings is 1. The van der Waals surface area contributed by atoms with Crippen molar-refractivity contribution in [3.05, 3.63) is 35.9 Å². The normalized spacial score (nSPS) is 21.4. The van der Waals surface area contributed by atoms with E-state index in [0.717, 1.165) is 24.2 Å². The Hall–Kier alpha value is -2.30. The van der Waals surface area contributed by atoms with Gasteiger partial charge in [-0.3, -0.25) is 9.59 Å². The Balaban J connectivity index is 2.10. The topological polar surface area (TPSA) is 72.6 Å². The maximum atomic E-state index is 12.5. The number of piperidine rings is 1. The fraction of sp³-hybridized carbons (Fsp3) is 0.444. The van der Waals surface area contributed by atoms with Crippen LogP contribution in [0.15, 0.2) is 30.3 Å². The zero-order valence-electron chi connectivity index (χ0n) is 13.7. The van der Waals surface area contributed by atoms with E-state index >= 15 is 0 Å². The van der Waals surface area contributed by atoms with Crippen LogP contribution in [-0.2, 0) is 9.59 Å². The van der Waals surface area contributed by atoms with Crippen LogP contribution in [-0.4, -0.2) is 35.9 Å². The van der Waals surface area contributed by atoms with Crippen LogP contribution in [0.4, 0.5) is 0 Å². The average Bonchev–Trinajstić information content (AvgIpc) is 2.54. The van der Waals surface area contributed by atoms with Gasteiger partial charge in [0.15, 0.2) is 0 Å². The SMILES string of the molecule is CCOc1ccccc1C=CC(=O)N1CC(C(N)=O)CCC1C. The van der Waals surface area contributed by atoms with E-state index in [1.165, 1.54) is 6.08 Å². The first-order valence-electron chi connectivity index (χ1n) is 8.02. The first-order chi connectivity index (χ1) is 11.0. The Kier molecular flexibility index (Phi) is 5.79. The molecule has 1 fully saturated rings. The fourth-order valence-corrected chi connectivity index (χ4v) is 2.81. The number of para-hydroxylation sites is 1. The average molecular weight is 316 g/mol. The van der Waals surface area contributed by atoms with E-state index in [0.29, 0.717) is 13.2 Å². The minimum atomic E-state index is -0.333. The van der Waals surface area contributed by atoms with Crippen LogP contribution in [0.5, 0.6) is 5.75 Å². The van der Waals surface area contributed by atoms with E-state index in [1.807, 2.05) is 38.1 Å². The number of primary amides is 1. The molecule has 5 heteroatoms. The van der Waals surface area contributed by atoms with Crippen molar-refractivity contribution >= 4 is 17.9 Å². The standard InChI is InChI=1S/C18H24N2O3/c1-3-23-16-7-5-4-6-14(16)10-11-17(21)20-12-15(18(19)22)9-8-13(20)2/h4-7,10-11,13,15H,3,8-9,12H2,1-2H3,(H2,19,22). The molecule has 5 nitrogen and oxygen atoms in total. The molecule has 124 valence electrons. The molecule has 1 heterocycles. The molecule has 0 spiro atoms. The molecule has 2 rings (SSSR count). The molecule has 2 amide bonds. The highest BCUT2D eigenvalue weighted by Gasteiger charge is 2.30. The third-order valence-corrected chi connectivity index (χ3v) is 4.19. The van der Waals surface area contributed by atoms with Gasteiger partial charge in [0, 0.05) is 24.2 Å². The highest BCUT2D eigenvalue weighted by molar-refractivity contribution is 5.93. The molecule has 2 N–H and O–H groups in total. The summed E-state index contributed by atoms with van der Waals surface area (Å²) in [5, 5.41) is 0. The van der Waals surface area contributed by atoms with E-state index in [9.17, 15) is 9.59 Å². The van der Waals surface area contributed by atoms with Gasteiger partial charge < -0.3 is 15.4 Å². The van der Waals surface area contributed by atoms with Crippen molar-refractivity contribution in [2.24, 2.45) is 11.7 Å². The van der Waals surface area contributed by atoms with Gasteiger partial charge in [-0.2, -0.15) is 0 Å². The van der Waals surface area contributed by atoms with Gasteiger partial charge in [-0.25, -0.2) is 0 Å². The minimum absolute atomic E-state index is 0.102. The zero-order valence-corrected chi connectivity index (χ0v) is 13.7. The fourth-order valence-electron chi connectivity index (χ4n) is 2.81. The minimum Gasteiger partial charge on any atom is -0.493 e. The van der Waals surface area contributed by atoms with Crippen LogP contribution in [0.3, 0.4) is 0 Å². The predicted octanol–water partition coefficient (Wildman–Crippen LogP) is 2.21. The summed E-state index contributed by atoms with van der Waals surface area (Å²) in [4.78, 5) is 25.6.